The SMILES string of the molecule is COc1ccc(C=C=CO[C@H]2[C@@H]3OC(C)(C)O[C@@H]3CO[C@]23COC(C)(C)O3)cc1. The van der Waals surface area contributed by atoms with Crippen LogP contribution in [-0.4, -0.2) is 56.0 Å². The first-order valence-corrected chi connectivity index (χ1v) is 9.76. The van der Waals surface area contributed by atoms with Crippen LogP contribution in [0.25, 0.3) is 6.08 Å². The molecule has 0 radical (unpaired) electrons. The first-order chi connectivity index (χ1) is 13.7. The van der Waals surface area contributed by atoms with E-state index in [0.29, 0.717) is 6.61 Å². The van der Waals surface area contributed by atoms with Gasteiger partial charge in [-0.2, -0.15) is 0 Å². The fourth-order valence-corrected chi connectivity index (χ4v) is 3.89. The van der Waals surface area contributed by atoms with Crippen molar-refractivity contribution in [3.8, 4) is 5.75 Å². The molecule has 0 aromatic heterocycles. The molecule has 4 rings (SSSR count). The lowest BCUT2D eigenvalue weighted by Gasteiger charge is -2.43. The molecule has 0 N–H and O–H groups in total. The van der Waals surface area contributed by atoms with Crippen molar-refractivity contribution in [3.63, 3.8) is 0 Å². The molecular formula is C22H28O7. The molecule has 1 spiro atoms. The average Bonchev–Trinajstić information content (AvgIpc) is 3.16. The van der Waals surface area contributed by atoms with Crippen LogP contribution in [0, 0.1) is 0 Å². The van der Waals surface area contributed by atoms with Crippen LogP contribution in [0.5, 0.6) is 5.75 Å². The highest BCUT2D eigenvalue weighted by atomic mass is 16.9. The summed E-state index contributed by atoms with van der Waals surface area (Å²) in [6, 6.07) is 7.66. The fourth-order valence-electron chi connectivity index (χ4n) is 3.89. The van der Waals surface area contributed by atoms with Crippen LogP contribution >= 0.6 is 0 Å². The van der Waals surface area contributed by atoms with E-state index in [4.69, 9.17) is 33.2 Å². The number of methoxy groups -OCH3 is 1. The standard InChI is InChI=1S/C22H28O7/c1-20(2)26-14-22(29-20)19(18-17(13-25-22)27-21(3,4)28-18)24-12-6-7-15-8-10-16(23-5)11-9-15/h7-12,17-19H,13-14H2,1-5H3/t6?,17-,18-,19+,22+/m1/s1. The smallest absolute Gasteiger partial charge is 0.235 e. The molecule has 3 aliphatic rings. The van der Waals surface area contributed by atoms with Crippen molar-refractivity contribution in [2.45, 2.75) is 63.4 Å². The van der Waals surface area contributed by atoms with E-state index in [1.807, 2.05) is 58.0 Å². The molecule has 0 amide bonds. The number of fused-ring (bicyclic) bond motifs is 1. The third kappa shape index (κ3) is 4.21. The summed E-state index contributed by atoms with van der Waals surface area (Å²) in [6.45, 7) is 8.05. The van der Waals surface area contributed by atoms with E-state index in [-0.39, 0.29) is 18.8 Å². The normalized spacial score (nSPS) is 34.3. The lowest BCUT2D eigenvalue weighted by Crippen LogP contribution is -2.62. The van der Waals surface area contributed by atoms with Crippen LogP contribution in [0.4, 0.5) is 0 Å². The molecular weight excluding hydrogens is 376 g/mol. The molecule has 3 aliphatic heterocycles. The van der Waals surface area contributed by atoms with E-state index in [9.17, 15) is 0 Å². The summed E-state index contributed by atoms with van der Waals surface area (Å²) >= 11 is 0. The molecule has 3 heterocycles. The predicted octanol–water partition coefficient (Wildman–Crippen LogP) is 3.24. The monoisotopic (exact) mass is 404 g/mol. The van der Waals surface area contributed by atoms with E-state index < -0.39 is 23.5 Å². The molecule has 0 bridgehead atoms. The zero-order valence-corrected chi connectivity index (χ0v) is 17.5. The third-order valence-electron chi connectivity index (χ3n) is 5.13. The Hall–Kier alpha value is -1.86. The second-order valence-corrected chi connectivity index (χ2v) is 8.31. The van der Waals surface area contributed by atoms with Crippen LogP contribution in [0.1, 0.15) is 33.3 Å². The lowest BCUT2D eigenvalue weighted by molar-refractivity contribution is -0.326. The van der Waals surface area contributed by atoms with Crippen LogP contribution in [0.2, 0.25) is 0 Å². The van der Waals surface area contributed by atoms with Crippen LogP contribution < -0.4 is 4.74 Å². The zero-order valence-electron chi connectivity index (χ0n) is 17.5. The van der Waals surface area contributed by atoms with Crippen molar-refractivity contribution in [3.05, 3.63) is 41.8 Å². The van der Waals surface area contributed by atoms with Gasteiger partial charge in [-0.15, -0.1) is 0 Å². The van der Waals surface area contributed by atoms with Gasteiger partial charge in [-0.05, 0) is 51.5 Å². The number of rotatable bonds is 4. The first kappa shape index (κ1) is 20.4. The largest absolute Gasteiger partial charge is 0.497 e. The van der Waals surface area contributed by atoms with Gasteiger partial charge in [0.25, 0.3) is 0 Å². The average molecular weight is 404 g/mol. The third-order valence-corrected chi connectivity index (χ3v) is 5.13. The second-order valence-electron chi connectivity index (χ2n) is 8.31. The van der Waals surface area contributed by atoms with Crippen molar-refractivity contribution in [1.29, 1.82) is 0 Å². The fraction of sp³-hybridized carbons (Fsp3) is 0.591. The van der Waals surface area contributed by atoms with Gasteiger partial charge in [0.1, 0.15) is 30.8 Å². The molecule has 4 atom stereocenters. The van der Waals surface area contributed by atoms with E-state index >= 15 is 0 Å². The van der Waals surface area contributed by atoms with Crippen LogP contribution in [0.3, 0.4) is 0 Å². The predicted molar refractivity (Wildman–Crippen MR) is 104 cm³/mol. The molecule has 0 saturated carbocycles. The minimum absolute atomic E-state index is 0.244. The van der Waals surface area contributed by atoms with Crippen molar-refractivity contribution >= 4 is 6.08 Å². The van der Waals surface area contributed by atoms with Crippen molar-refractivity contribution in [1.82, 2.24) is 0 Å². The van der Waals surface area contributed by atoms with Crippen molar-refractivity contribution in [2.75, 3.05) is 20.3 Å². The molecule has 7 nitrogen and oxygen atoms in total. The summed E-state index contributed by atoms with van der Waals surface area (Å²) in [4.78, 5) is 0. The van der Waals surface area contributed by atoms with E-state index in [1.54, 1.807) is 7.11 Å². The van der Waals surface area contributed by atoms with Crippen molar-refractivity contribution < 1.29 is 33.2 Å². The van der Waals surface area contributed by atoms with Gasteiger partial charge >= 0.3 is 0 Å². The topological polar surface area (TPSA) is 64.6 Å². The summed E-state index contributed by atoms with van der Waals surface area (Å²) < 4.78 is 41.3. The Labute approximate surface area is 171 Å². The van der Waals surface area contributed by atoms with Gasteiger partial charge in [-0.1, -0.05) is 17.9 Å². The summed E-state index contributed by atoms with van der Waals surface area (Å²) in [5, 5.41) is 0. The first-order valence-electron chi connectivity index (χ1n) is 9.76. The minimum Gasteiger partial charge on any atom is -0.497 e. The molecule has 7 heteroatoms. The van der Waals surface area contributed by atoms with Gasteiger partial charge < -0.3 is 33.2 Å². The highest BCUT2D eigenvalue weighted by molar-refractivity contribution is 5.49. The maximum atomic E-state index is 6.13. The van der Waals surface area contributed by atoms with Gasteiger partial charge in [-0.25, -0.2) is 0 Å². The molecule has 3 fully saturated rings. The Morgan fingerprint density at radius 2 is 1.79 bits per heavy atom. The highest BCUT2D eigenvalue weighted by Gasteiger charge is 2.63. The summed E-state index contributed by atoms with van der Waals surface area (Å²) in [6.07, 6.45) is 2.16. The molecule has 0 aliphatic carbocycles. The van der Waals surface area contributed by atoms with Crippen LogP contribution in [-0.2, 0) is 28.4 Å². The number of hydrogen-bond acceptors (Lipinski definition) is 7. The zero-order chi connectivity index (χ0) is 20.7. The second kappa shape index (κ2) is 7.43. The number of ether oxygens (including phenoxy) is 7. The maximum Gasteiger partial charge on any atom is 0.235 e. The molecule has 29 heavy (non-hydrogen) atoms. The Kier molecular flexibility index (Phi) is 5.23. The molecule has 158 valence electrons. The molecule has 3 saturated heterocycles. The van der Waals surface area contributed by atoms with Crippen LogP contribution in [0.15, 0.2) is 36.3 Å². The Balaban J connectivity index is 1.54. The van der Waals surface area contributed by atoms with Gasteiger partial charge in [0.15, 0.2) is 17.7 Å². The van der Waals surface area contributed by atoms with Crippen molar-refractivity contribution in [2.24, 2.45) is 0 Å². The van der Waals surface area contributed by atoms with E-state index in [0.717, 1.165) is 11.3 Å². The Bertz CT molecular complexity index is 792. The van der Waals surface area contributed by atoms with Gasteiger partial charge in [0.05, 0.1) is 13.7 Å². The summed E-state index contributed by atoms with van der Waals surface area (Å²) in [5.74, 6) is -1.75. The Morgan fingerprint density at radius 3 is 2.45 bits per heavy atom. The van der Waals surface area contributed by atoms with E-state index in [1.165, 1.54) is 6.26 Å². The molecule has 1 aromatic rings. The number of benzene rings is 1. The van der Waals surface area contributed by atoms with E-state index in [2.05, 4.69) is 5.73 Å². The highest BCUT2D eigenvalue weighted by Crippen LogP contribution is 2.45. The summed E-state index contributed by atoms with van der Waals surface area (Å²) in [5.41, 5.74) is 4.03. The minimum atomic E-state index is -1.06. The summed E-state index contributed by atoms with van der Waals surface area (Å²) in [7, 11) is 1.64. The van der Waals surface area contributed by atoms with Gasteiger partial charge in [0.2, 0.25) is 5.79 Å². The Morgan fingerprint density at radius 1 is 1.03 bits per heavy atom. The van der Waals surface area contributed by atoms with Gasteiger partial charge in [-0.3, -0.25) is 0 Å². The number of hydrogen-bond donors (Lipinski definition) is 0. The van der Waals surface area contributed by atoms with Gasteiger partial charge in [0, 0.05) is 0 Å². The quantitative estimate of drug-likeness (QED) is 0.564. The lowest BCUT2D eigenvalue weighted by atomic mass is 9.97. The molecule has 1 aromatic carbocycles. The maximum absolute atomic E-state index is 6.13. The molecule has 0 unspecified atom stereocenters.